The predicted octanol–water partition coefficient (Wildman–Crippen LogP) is 4.41. The van der Waals surface area contributed by atoms with E-state index in [0.29, 0.717) is 11.1 Å². The number of nitrogens with one attached hydrogen (secondary N) is 2. The molecule has 2 aromatic rings. The minimum atomic E-state index is -0.118. The Balaban J connectivity index is 2.44. The van der Waals surface area contributed by atoms with Gasteiger partial charge in [0.2, 0.25) is 0 Å². The molecule has 2 atom stereocenters. The third-order valence-electron chi connectivity index (χ3n) is 4.61. The van der Waals surface area contributed by atoms with Crippen LogP contribution < -0.4 is 10.6 Å². The van der Waals surface area contributed by atoms with Crippen molar-refractivity contribution in [3.8, 4) is 11.1 Å². The number of hydrogen-bond acceptors (Lipinski definition) is 2. The molecule has 2 N–H and O–H groups in total. The molecule has 0 unspecified atom stereocenters. The van der Waals surface area contributed by atoms with Gasteiger partial charge in [0.15, 0.2) is 0 Å². The fourth-order valence-electron chi connectivity index (χ4n) is 2.64. The van der Waals surface area contributed by atoms with E-state index in [4.69, 9.17) is 0 Å². The summed E-state index contributed by atoms with van der Waals surface area (Å²) in [4.78, 5) is 25.4. The highest BCUT2D eigenvalue weighted by atomic mass is 16.2. The van der Waals surface area contributed by atoms with Crippen LogP contribution in [-0.2, 0) is 0 Å². The molecule has 0 aliphatic heterocycles. The van der Waals surface area contributed by atoms with Gasteiger partial charge in [-0.3, -0.25) is 9.59 Å². The van der Waals surface area contributed by atoms with Crippen LogP contribution in [0.25, 0.3) is 11.1 Å². The molecule has 2 amide bonds. The van der Waals surface area contributed by atoms with Crippen LogP contribution in [0.15, 0.2) is 48.5 Å². The summed E-state index contributed by atoms with van der Waals surface area (Å²) in [5.74, 6) is -0.237. The second kappa shape index (κ2) is 9.18. The zero-order valence-electron chi connectivity index (χ0n) is 16.0. The third-order valence-corrected chi connectivity index (χ3v) is 4.61. The number of amides is 2. The van der Waals surface area contributed by atoms with E-state index in [1.807, 2.05) is 64.1 Å². The molecule has 0 heterocycles. The maximum absolute atomic E-state index is 12.7. The molecule has 26 heavy (non-hydrogen) atoms. The molecular formula is C22H28N2O2. The molecule has 0 fully saturated rings. The van der Waals surface area contributed by atoms with Gasteiger partial charge in [-0.2, -0.15) is 0 Å². The van der Waals surface area contributed by atoms with Gasteiger partial charge in [-0.25, -0.2) is 0 Å². The Kier molecular flexibility index (Phi) is 6.96. The lowest BCUT2D eigenvalue weighted by Gasteiger charge is -2.17. The molecule has 4 heteroatoms. The standard InChI is InChI=1S/C22H28N2O2/c1-5-15(3)23-21(25)19-13-9-7-11-17(19)18-12-8-10-14-20(18)22(26)24-16(4)6-2/h7-16H,5-6H2,1-4H3,(H,23,25)(H,24,26)/t15-,16-/m0/s1. The van der Waals surface area contributed by atoms with Crippen molar-refractivity contribution >= 4 is 11.8 Å². The molecule has 0 saturated carbocycles. The Hall–Kier alpha value is -2.62. The van der Waals surface area contributed by atoms with Gasteiger partial charge < -0.3 is 10.6 Å². The highest BCUT2D eigenvalue weighted by molar-refractivity contribution is 6.06. The van der Waals surface area contributed by atoms with E-state index >= 15 is 0 Å². The Morgan fingerprint density at radius 2 is 1.08 bits per heavy atom. The predicted molar refractivity (Wildman–Crippen MR) is 106 cm³/mol. The maximum Gasteiger partial charge on any atom is 0.252 e. The number of carbonyl (C=O) groups is 2. The van der Waals surface area contributed by atoms with Crippen molar-refractivity contribution < 1.29 is 9.59 Å². The van der Waals surface area contributed by atoms with E-state index in [1.54, 1.807) is 12.1 Å². The highest BCUT2D eigenvalue weighted by Gasteiger charge is 2.19. The minimum Gasteiger partial charge on any atom is -0.350 e. The molecule has 0 saturated heterocycles. The summed E-state index contributed by atoms with van der Waals surface area (Å²) in [5, 5.41) is 6.01. The van der Waals surface area contributed by atoms with Crippen LogP contribution in [0.1, 0.15) is 61.3 Å². The fraction of sp³-hybridized carbons (Fsp3) is 0.364. The lowest BCUT2D eigenvalue weighted by atomic mass is 9.94. The van der Waals surface area contributed by atoms with Gasteiger partial charge in [-0.05, 0) is 49.9 Å². The van der Waals surface area contributed by atoms with Gasteiger partial charge in [0, 0.05) is 23.2 Å². The maximum atomic E-state index is 12.7. The van der Waals surface area contributed by atoms with Crippen LogP contribution in [-0.4, -0.2) is 23.9 Å². The van der Waals surface area contributed by atoms with Crippen molar-refractivity contribution in [2.24, 2.45) is 0 Å². The van der Waals surface area contributed by atoms with E-state index in [0.717, 1.165) is 24.0 Å². The summed E-state index contributed by atoms with van der Waals surface area (Å²) in [6.45, 7) is 8.03. The van der Waals surface area contributed by atoms with Crippen LogP contribution in [0.2, 0.25) is 0 Å². The molecule has 4 nitrogen and oxygen atoms in total. The van der Waals surface area contributed by atoms with Crippen molar-refractivity contribution in [1.29, 1.82) is 0 Å². The van der Waals surface area contributed by atoms with Crippen molar-refractivity contribution in [2.45, 2.75) is 52.6 Å². The molecule has 2 rings (SSSR count). The van der Waals surface area contributed by atoms with Gasteiger partial charge in [0.25, 0.3) is 11.8 Å². The highest BCUT2D eigenvalue weighted by Crippen LogP contribution is 2.27. The van der Waals surface area contributed by atoms with Crippen molar-refractivity contribution in [3.63, 3.8) is 0 Å². The molecule has 0 bridgehead atoms. The Morgan fingerprint density at radius 1 is 0.731 bits per heavy atom. The molecular weight excluding hydrogens is 324 g/mol. The average molecular weight is 352 g/mol. The summed E-state index contributed by atoms with van der Waals surface area (Å²) in [5.41, 5.74) is 2.69. The Bertz CT molecular complexity index is 705. The molecule has 0 aromatic heterocycles. The normalized spacial score (nSPS) is 12.9. The SMILES string of the molecule is CC[C@H](C)NC(=O)c1ccccc1-c1ccccc1C(=O)N[C@@H](C)CC. The fourth-order valence-corrected chi connectivity index (χ4v) is 2.64. The second-order valence-corrected chi connectivity index (χ2v) is 6.66. The first kappa shape index (κ1) is 19.7. The Morgan fingerprint density at radius 3 is 1.42 bits per heavy atom. The molecule has 0 aliphatic rings. The summed E-state index contributed by atoms with van der Waals surface area (Å²) in [7, 11) is 0. The van der Waals surface area contributed by atoms with Gasteiger partial charge in [-0.1, -0.05) is 50.2 Å². The van der Waals surface area contributed by atoms with Crippen LogP contribution in [0.4, 0.5) is 0 Å². The quantitative estimate of drug-likeness (QED) is 0.775. The van der Waals surface area contributed by atoms with Crippen LogP contribution in [0, 0.1) is 0 Å². The van der Waals surface area contributed by atoms with Crippen molar-refractivity contribution in [1.82, 2.24) is 10.6 Å². The Labute approximate surface area is 156 Å². The van der Waals surface area contributed by atoms with E-state index in [2.05, 4.69) is 10.6 Å². The van der Waals surface area contributed by atoms with E-state index in [1.165, 1.54) is 0 Å². The zero-order chi connectivity index (χ0) is 19.1. The smallest absolute Gasteiger partial charge is 0.252 e. The molecule has 138 valence electrons. The summed E-state index contributed by atoms with van der Waals surface area (Å²) in [6.07, 6.45) is 1.73. The first-order valence-electron chi connectivity index (χ1n) is 9.28. The first-order valence-corrected chi connectivity index (χ1v) is 9.28. The summed E-state index contributed by atoms with van der Waals surface area (Å²) < 4.78 is 0. The van der Waals surface area contributed by atoms with Gasteiger partial charge in [-0.15, -0.1) is 0 Å². The van der Waals surface area contributed by atoms with Crippen LogP contribution in [0.3, 0.4) is 0 Å². The lowest BCUT2D eigenvalue weighted by molar-refractivity contribution is 0.0929. The number of rotatable bonds is 7. The number of benzene rings is 2. The molecule has 0 spiro atoms. The lowest BCUT2D eigenvalue weighted by Crippen LogP contribution is -2.33. The average Bonchev–Trinajstić information content (AvgIpc) is 2.67. The molecule has 2 aromatic carbocycles. The van der Waals surface area contributed by atoms with Gasteiger partial charge in [0.05, 0.1) is 0 Å². The summed E-state index contributed by atoms with van der Waals surface area (Å²) >= 11 is 0. The largest absolute Gasteiger partial charge is 0.350 e. The minimum absolute atomic E-state index is 0.0968. The van der Waals surface area contributed by atoms with Crippen molar-refractivity contribution in [3.05, 3.63) is 59.7 Å². The second-order valence-electron chi connectivity index (χ2n) is 6.66. The van der Waals surface area contributed by atoms with Gasteiger partial charge in [0.1, 0.15) is 0 Å². The topological polar surface area (TPSA) is 58.2 Å². The van der Waals surface area contributed by atoms with Crippen molar-refractivity contribution in [2.75, 3.05) is 0 Å². The molecule has 0 radical (unpaired) electrons. The van der Waals surface area contributed by atoms with E-state index < -0.39 is 0 Å². The third kappa shape index (κ3) is 4.72. The zero-order valence-corrected chi connectivity index (χ0v) is 16.0. The monoisotopic (exact) mass is 352 g/mol. The molecule has 0 aliphatic carbocycles. The summed E-state index contributed by atoms with van der Waals surface area (Å²) in [6, 6.07) is 15.0. The van der Waals surface area contributed by atoms with Gasteiger partial charge >= 0.3 is 0 Å². The van der Waals surface area contributed by atoms with E-state index in [9.17, 15) is 9.59 Å². The number of hydrogen-bond donors (Lipinski definition) is 2. The first-order chi connectivity index (χ1) is 12.5. The van der Waals surface area contributed by atoms with Crippen LogP contribution >= 0.6 is 0 Å². The number of carbonyl (C=O) groups excluding carboxylic acids is 2. The van der Waals surface area contributed by atoms with E-state index in [-0.39, 0.29) is 23.9 Å². The van der Waals surface area contributed by atoms with Crippen LogP contribution in [0.5, 0.6) is 0 Å².